The van der Waals surface area contributed by atoms with Crippen LogP contribution in [0.1, 0.15) is 11.6 Å². The Balaban J connectivity index is 2.33. The Hall–Kier alpha value is -1.13. The van der Waals surface area contributed by atoms with Gasteiger partial charge in [-0.25, -0.2) is 4.39 Å². The molecule has 1 fully saturated rings. The number of halogens is 2. The molecule has 1 heterocycles. The van der Waals surface area contributed by atoms with Gasteiger partial charge in [-0.15, -0.1) is 0 Å². The Morgan fingerprint density at radius 2 is 2.21 bits per heavy atom. The summed E-state index contributed by atoms with van der Waals surface area (Å²) >= 11 is 5.84. The fraction of sp³-hybridized carbons (Fsp3) is 0.222. The van der Waals surface area contributed by atoms with Crippen molar-refractivity contribution in [1.29, 1.82) is 0 Å². The number of nitrogens with two attached hydrogens (primary N) is 1. The van der Waals surface area contributed by atoms with Crippen molar-refractivity contribution in [2.45, 2.75) is 12.1 Å². The molecule has 0 bridgehead atoms. The van der Waals surface area contributed by atoms with Gasteiger partial charge in [-0.1, -0.05) is 11.6 Å². The highest BCUT2D eigenvalue weighted by Crippen LogP contribution is 2.29. The van der Waals surface area contributed by atoms with E-state index < -0.39 is 11.9 Å². The molecule has 0 spiro atoms. The molecule has 0 radical (unpaired) electrons. The van der Waals surface area contributed by atoms with Crippen molar-refractivity contribution in [1.82, 2.24) is 5.32 Å². The van der Waals surface area contributed by atoms with Crippen LogP contribution >= 0.6 is 11.6 Å². The molecule has 1 aliphatic heterocycles. The van der Waals surface area contributed by atoms with E-state index in [-0.39, 0.29) is 11.9 Å². The smallest absolute Gasteiger partial charge is 0.239 e. The number of carbonyl (C=O) groups excluding carboxylic acids is 1. The van der Waals surface area contributed by atoms with Gasteiger partial charge in [0, 0.05) is 5.02 Å². The van der Waals surface area contributed by atoms with Crippen molar-refractivity contribution in [3.63, 3.8) is 0 Å². The van der Waals surface area contributed by atoms with Gasteiger partial charge in [0.25, 0.3) is 0 Å². The molecule has 1 saturated heterocycles. The van der Waals surface area contributed by atoms with Crippen LogP contribution in [0.25, 0.3) is 0 Å². The van der Waals surface area contributed by atoms with Gasteiger partial charge >= 0.3 is 0 Å². The number of rotatable bonds is 1. The molecule has 0 saturated carbocycles. The van der Waals surface area contributed by atoms with Gasteiger partial charge in [0.15, 0.2) is 0 Å². The summed E-state index contributed by atoms with van der Waals surface area (Å²) in [5.41, 5.74) is 6.05. The van der Waals surface area contributed by atoms with Crippen LogP contribution in [0.2, 0.25) is 5.02 Å². The second-order valence-electron chi connectivity index (χ2n) is 3.18. The monoisotopic (exact) mass is 214 g/mol. The van der Waals surface area contributed by atoms with Gasteiger partial charge in [0.1, 0.15) is 11.9 Å². The largest absolute Gasteiger partial charge is 0.346 e. The van der Waals surface area contributed by atoms with Gasteiger partial charge < -0.3 is 11.1 Å². The first-order chi connectivity index (χ1) is 6.59. The Kier molecular flexibility index (Phi) is 2.17. The predicted octanol–water partition coefficient (Wildman–Crippen LogP) is 0.977. The molecular weight excluding hydrogens is 207 g/mol. The summed E-state index contributed by atoms with van der Waals surface area (Å²) in [7, 11) is 0. The van der Waals surface area contributed by atoms with Crippen molar-refractivity contribution in [3.05, 3.63) is 34.6 Å². The van der Waals surface area contributed by atoms with E-state index in [0.717, 1.165) is 0 Å². The highest BCUT2D eigenvalue weighted by atomic mass is 35.5. The maximum Gasteiger partial charge on any atom is 0.239 e. The van der Waals surface area contributed by atoms with E-state index in [1.807, 2.05) is 0 Å². The maximum atomic E-state index is 12.9. The second kappa shape index (κ2) is 3.22. The molecule has 74 valence electrons. The Bertz CT molecular complexity index is 396. The zero-order valence-corrected chi connectivity index (χ0v) is 7.88. The molecule has 0 aliphatic carbocycles. The lowest BCUT2D eigenvalue weighted by Crippen LogP contribution is -2.60. The average molecular weight is 215 g/mol. The quantitative estimate of drug-likeness (QED) is 0.685. The van der Waals surface area contributed by atoms with Crippen LogP contribution in [0, 0.1) is 5.82 Å². The van der Waals surface area contributed by atoms with E-state index in [0.29, 0.717) is 10.6 Å². The number of amides is 1. The molecule has 1 amide bonds. The minimum absolute atomic E-state index is 0.240. The molecule has 3 N–H and O–H groups in total. The second-order valence-corrected chi connectivity index (χ2v) is 3.59. The van der Waals surface area contributed by atoms with E-state index in [1.165, 1.54) is 18.2 Å². The summed E-state index contributed by atoms with van der Waals surface area (Å²) in [5.74, 6) is -0.631. The third kappa shape index (κ3) is 1.36. The number of hydrogen-bond donors (Lipinski definition) is 2. The lowest BCUT2D eigenvalue weighted by Gasteiger charge is -2.34. The first-order valence-corrected chi connectivity index (χ1v) is 4.48. The number of hydrogen-bond acceptors (Lipinski definition) is 2. The number of carbonyl (C=O) groups is 1. The van der Waals surface area contributed by atoms with Crippen LogP contribution in [0.3, 0.4) is 0 Å². The molecule has 3 nitrogen and oxygen atoms in total. The topological polar surface area (TPSA) is 55.1 Å². The molecule has 0 aromatic heterocycles. The molecule has 2 atom stereocenters. The van der Waals surface area contributed by atoms with E-state index >= 15 is 0 Å². The molecule has 14 heavy (non-hydrogen) atoms. The third-order valence-electron chi connectivity index (χ3n) is 2.25. The van der Waals surface area contributed by atoms with Gasteiger partial charge in [-0.3, -0.25) is 4.79 Å². The summed E-state index contributed by atoms with van der Waals surface area (Å²) < 4.78 is 12.9. The predicted molar refractivity (Wildman–Crippen MR) is 50.3 cm³/mol. The van der Waals surface area contributed by atoms with E-state index in [2.05, 4.69) is 5.32 Å². The zero-order chi connectivity index (χ0) is 10.3. The van der Waals surface area contributed by atoms with Gasteiger partial charge in [-0.05, 0) is 23.8 Å². The molecule has 1 aliphatic rings. The number of benzene rings is 1. The fourth-order valence-electron chi connectivity index (χ4n) is 1.42. The highest BCUT2D eigenvalue weighted by Gasteiger charge is 2.38. The van der Waals surface area contributed by atoms with Crippen LogP contribution in [-0.2, 0) is 4.79 Å². The van der Waals surface area contributed by atoms with Crippen LogP contribution < -0.4 is 11.1 Å². The van der Waals surface area contributed by atoms with Gasteiger partial charge in [0.2, 0.25) is 5.91 Å². The highest BCUT2D eigenvalue weighted by molar-refractivity contribution is 6.31. The number of β-lactam (4-membered cyclic amide) rings is 1. The molecule has 2 unspecified atom stereocenters. The molecule has 1 aromatic rings. The maximum absolute atomic E-state index is 12.9. The van der Waals surface area contributed by atoms with Crippen molar-refractivity contribution in [3.8, 4) is 0 Å². The standard InChI is InChI=1S/C9H8ClFN2O/c10-6-2-1-4(11)3-5(6)8-7(12)9(14)13-8/h1-3,7-8H,12H2,(H,13,14). The Morgan fingerprint density at radius 1 is 1.50 bits per heavy atom. The molecule has 2 rings (SSSR count). The molecule has 1 aromatic carbocycles. The van der Waals surface area contributed by atoms with Crippen molar-refractivity contribution in [2.24, 2.45) is 5.73 Å². The summed E-state index contributed by atoms with van der Waals surface area (Å²) in [5, 5.41) is 2.97. The third-order valence-corrected chi connectivity index (χ3v) is 2.60. The summed E-state index contributed by atoms with van der Waals surface area (Å²) in [4.78, 5) is 10.8. The van der Waals surface area contributed by atoms with Crippen LogP contribution in [0.15, 0.2) is 18.2 Å². The van der Waals surface area contributed by atoms with Crippen LogP contribution in [-0.4, -0.2) is 11.9 Å². The Morgan fingerprint density at radius 3 is 2.79 bits per heavy atom. The summed E-state index contributed by atoms with van der Waals surface area (Å²) in [6.45, 7) is 0. The Labute approximate surface area is 85.0 Å². The first kappa shape index (κ1) is 9.43. The summed E-state index contributed by atoms with van der Waals surface area (Å²) in [6.07, 6.45) is 0. The molecular formula is C9H8ClFN2O. The fourth-order valence-corrected chi connectivity index (χ4v) is 1.65. The lowest BCUT2D eigenvalue weighted by molar-refractivity contribution is -0.130. The van der Waals surface area contributed by atoms with Crippen molar-refractivity contribution >= 4 is 17.5 Å². The normalized spacial score (nSPS) is 25.5. The minimum Gasteiger partial charge on any atom is -0.346 e. The lowest BCUT2D eigenvalue weighted by atomic mass is 9.92. The van der Waals surface area contributed by atoms with Crippen molar-refractivity contribution < 1.29 is 9.18 Å². The van der Waals surface area contributed by atoms with Gasteiger partial charge in [-0.2, -0.15) is 0 Å². The average Bonchev–Trinajstić information content (AvgIpc) is 2.18. The van der Waals surface area contributed by atoms with Crippen LogP contribution in [0.5, 0.6) is 0 Å². The van der Waals surface area contributed by atoms with Gasteiger partial charge in [0.05, 0.1) is 6.04 Å². The number of nitrogens with one attached hydrogen (secondary N) is 1. The van der Waals surface area contributed by atoms with Crippen molar-refractivity contribution in [2.75, 3.05) is 0 Å². The van der Waals surface area contributed by atoms with E-state index in [9.17, 15) is 9.18 Å². The van der Waals surface area contributed by atoms with E-state index in [4.69, 9.17) is 17.3 Å². The molecule has 5 heteroatoms. The van der Waals surface area contributed by atoms with Crippen LogP contribution in [0.4, 0.5) is 4.39 Å². The summed E-state index contributed by atoms with van der Waals surface area (Å²) in [6, 6.07) is 2.99. The minimum atomic E-state index is -0.630. The van der Waals surface area contributed by atoms with E-state index in [1.54, 1.807) is 0 Å². The SMILES string of the molecule is NC1C(=O)NC1c1cc(F)ccc1Cl. The first-order valence-electron chi connectivity index (χ1n) is 4.10. The zero-order valence-electron chi connectivity index (χ0n) is 7.13.